The Morgan fingerprint density at radius 3 is 2.88 bits per heavy atom. The number of ether oxygens (including phenoxy) is 2. The molecule has 1 atom stereocenters. The van der Waals surface area contributed by atoms with Gasteiger partial charge in [-0.15, -0.1) is 11.3 Å². The monoisotopic (exact) mass is 343 g/mol. The van der Waals surface area contributed by atoms with Gasteiger partial charge in [0.05, 0.1) is 19.8 Å². The van der Waals surface area contributed by atoms with Crippen molar-refractivity contribution < 1.29 is 14.3 Å². The molecule has 3 aromatic rings. The Morgan fingerprint density at radius 1 is 1.29 bits per heavy atom. The highest BCUT2D eigenvalue weighted by atomic mass is 32.1. The summed E-state index contributed by atoms with van der Waals surface area (Å²) in [6, 6.07) is 11.7. The van der Waals surface area contributed by atoms with Gasteiger partial charge in [-0.05, 0) is 23.6 Å². The van der Waals surface area contributed by atoms with Gasteiger partial charge in [0.1, 0.15) is 0 Å². The Morgan fingerprint density at radius 2 is 2.12 bits per heavy atom. The molecular formula is C17H17N3O3S. The highest BCUT2D eigenvalue weighted by Gasteiger charge is 2.17. The Bertz CT molecular complexity index is 817. The number of hydrogen-bond donors (Lipinski definition) is 1. The molecule has 0 aliphatic rings. The van der Waals surface area contributed by atoms with E-state index in [4.69, 9.17) is 4.74 Å². The fraction of sp³-hybridized carbons (Fsp3) is 0.235. The van der Waals surface area contributed by atoms with Crippen molar-refractivity contribution in [2.75, 3.05) is 26.1 Å². The van der Waals surface area contributed by atoms with Gasteiger partial charge in [-0.3, -0.25) is 0 Å². The number of nitrogens with one attached hydrogen (secondary N) is 1. The summed E-state index contributed by atoms with van der Waals surface area (Å²) >= 11 is 1.69. The summed E-state index contributed by atoms with van der Waals surface area (Å²) in [5.74, 6) is -0.136. The lowest BCUT2D eigenvalue weighted by molar-refractivity contribution is 0.0594. The maximum Gasteiger partial charge on any atom is 0.356 e. The highest BCUT2D eigenvalue weighted by molar-refractivity contribution is 7.19. The van der Waals surface area contributed by atoms with Crippen LogP contribution in [0, 0.1) is 0 Å². The maximum absolute atomic E-state index is 11.6. The van der Waals surface area contributed by atoms with Gasteiger partial charge in [0.15, 0.2) is 5.69 Å². The normalized spacial score (nSPS) is 12.1. The number of carbonyl (C=O) groups excluding carboxylic acids is 1. The highest BCUT2D eigenvalue weighted by Crippen LogP contribution is 2.31. The van der Waals surface area contributed by atoms with Crippen LogP contribution in [0.5, 0.6) is 0 Å². The van der Waals surface area contributed by atoms with Crippen LogP contribution in [-0.4, -0.2) is 36.8 Å². The lowest BCUT2D eigenvalue weighted by atomic mass is 10.2. The molecule has 0 aliphatic carbocycles. The zero-order valence-corrected chi connectivity index (χ0v) is 14.2. The van der Waals surface area contributed by atoms with Crippen molar-refractivity contribution in [1.29, 1.82) is 0 Å². The number of benzene rings is 1. The molecule has 0 saturated carbocycles. The third kappa shape index (κ3) is 3.52. The van der Waals surface area contributed by atoms with Gasteiger partial charge in [-0.2, -0.15) is 0 Å². The van der Waals surface area contributed by atoms with Crippen molar-refractivity contribution >= 4 is 33.3 Å². The van der Waals surface area contributed by atoms with Crippen LogP contribution in [0.15, 0.2) is 42.6 Å². The number of nitrogens with zero attached hydrogens (tertiary/aromatic N) is 2. The first-order chi connectivity index (χ1) is 11.7. The van der Waals surface area contributed by atoms with Crippen LogP contribution in [0.25, 0.3) is 10.1 Å². The van der Waals surface area contributed by atoms with Crippen molar-refractivity contribution in [2.24, 2.45) is 0 Å². The molecule has 0 fully saturated rings. The number of methoxy groups -OCH3 is 2. The number of hydrogen-bond acceptors (Lipinski definition) is 7. The molecule has 1 unspecified atom stereocenters. The van der Waals surface area contributed by atoms with Crippen LogP contribution < -0.4 is 5.32 Å². The van der Waals surface area contributed by atoms with Crippen LogP contribution in [-0.2, 0) is 9.47 Å². The molecule has 1 aromatic carbocycles. The number of carbonyl (C=O) groups is 1. The first kappa shape index (κ1) is 16.4. The molecule has 3 rings (SSSR count). The SMILES string of the molecule is COCC(Nc1nccc(C(=O)OC)n1)c1cc2ccccc2s1. The third-order valence-corrected chi connectivity index (χ3v) is 4.70. The number of anilines is 1. The number of aromatic nitrogens is 2. The molecule has 24 heavy (non-hydrogen) atoms. The Kier molecular flexibility index (Phi) is 5.02. The van der Waals surface area contributed by atoms with E-state index in [2.05, 4.69) is 38.2 Å². The zero-order valence-electron chi connectivity index (χ0n) is 13.4. The summed E-state index contributed by atoms with van der Waals surface area (Å²) in [7, 11) is 2.97. The van der Waals surface area contributed by atoms with E-state index in [1.54, 1.807) is 18.4 Å². The fourth-order valence-corrected chi connectivity index (χ4v) is 3.44. The summed E-state index contributed by atoms with van der Waals surface area (Å²) in [5, 5.41) is 4.42. The van der Waals surface area contributed by atoms with Crippen molar-refractivity contribution in [1.82, 2.24) is 9.97 Å². The van der Waals surface area contributed by atoms with Crippen LogP contribution >= 0.6 is 11.3 Å². The minimum Gasteiger partial charge on any atom is -0.464 e. The smallest absolute Gasteiger partial charge is 0.356 e. The van der Waals surface area contributed by atoms with Crippen molar-refractivity contribution in [2.45, 2.75) is 6.04 Å². The molecule has 7 heteroatoms. The summed E-state index contributed by atoms with van der Waals surface area (Å²) in [4.78, 5) is 21.1. The Balaban J connectivity index is 1.87. The first-order valence-corrected chi connectivity index (χ1v) is 8.18. The molecule has 0 amide bonds. The summed E-state index contributed by atoms with van der Waals surface area (Å²) in [5.41, 5.74) is 0.211. The molecule has 2 heterocycles. The predicted octanol–water partition coefficient (Wildman–Crippen LogP) is 3.28. The van der Waals surface area contributed by atoms with E-state index in [-0.39, 0.29) is 11.7 Å². The van der Waals surface area contributed by atoms with E-state index in [1.807, 2.05) is 12.1 Å². The first-order valence-electron chi connectivity index (χ1n) is 7.36. The van der Waals surface area contributed by atoms with Gasteiger partial charge >= 0.3 is 5.97 Å². The second-order valence-electron chi connectivity index (χ2n) is 5.10. The van der Waals surface area contributed by atoms with E-state index in [1.165, 1.54) is 29.5 Å². The molecule has 0 saturated heterocycles. The van der Waals surface area contributed by atoms with E-state index >= 15 is 0 Å². The Labute approximate surface area is 143 Å². The van der Waals surface area contributed by atoms with Gasteiger partial charge in [0.25, 0.3) is 0 Å². The fourth-order valence-electron chi connectivity index (χ4n) is 2.34. The number of rotatable bonds is 6. The van der Waals surface area contributed by atoms with Crippen molar-refractivity contribution in [3.63, 3.8) is 0 Å². The van der Waals surface area contributed by atoms with Gasteiger partial charge in [-0.1, -0.05) is 18.2 Å². The lowest BCUT2D eigenvalue weighted by Crippen LogP contribution is -2.17. The number of esters is 1. The Hall–Kier alpha value is -2.51. The van der Waals surface area contributed by atoms with Crippen LogP contribution in [0.1, 0.15) is 21.4 Å². The predicted molar refractivity (Wildman–Crippen MR) is 93.4 cm³/mol. The number of fused-ring (bicyclic) bond motifs is 1. The molecule has 0 spiro atoms. The van der Waals surface area contributed by atoms with Crippen LogP contribution in [0.3, 0.4) is 0 Å². The second-order valence-corrected chi connectivity index (χ2v) is 6.21. The van der Waals surface area contributed by atoms with Gasteiger partial charge in [-0.25, -0.2) is 14.8 Å². The summed E-state index contributed by atoms with van der Waals surface area (Å²) < 4.78 is 11.2. The molecular weight excluding hydrogens is 326 g/mol. The molecule has 124 valence electrons. The molecule has 6 nitrogen and oxygen atoms in total. The topological polar surface area (TPSA) is 73.3 Å². The minimum atomic E-state index is -0.495. The van der Waals surface area contributed by atoms with Crippen molar-refractivity contribution in [3.05, 3.63) is 53.2 Å². The van der Waals surface area contributed by atoms with E-state index in [0.717, 1.165) is 4.88 Å². The molecule has 1 N–H and O–H groups in total. The van der Waals surface area contributed by atoms with Crippen LogP contribution in [0.4, 0.5) is 5.95 Å². The van der Waals surface area contributed by atoms with Crippen molar-refractivity contribution in [3.8, 4) is 0 Å². The second kappa shape index (κ2) is 7.37. The maximum atomic E-state index is 11.6. The van der Waals surface area contributed by atoms with E-state index in [0.29, 0.717) is 12.6 Å². The molecule has 0 bridgehead atoms. The standard InChI is InChI=1S/C17H17N3O3S/c1-22-10-13(15-9-11-5-3-4-6-14(11)24-15)20-17-18-8-7-12(19-17)16(21)23-2/h3-9,13H,10H2,1-2H3,(H,18,19,20). The summed E-state index contributed by atoms with van der Waals surface area (Å²) in [6.45, 7) is 0.457. The largest absolute Gasteiger partial charge is 0.464 e. The average Bonchev–Trinajstić information content (AvgIpc) is 3.05. The molecule has 0 radical (unpaired) electrons. The average molecular weight is 343 g/mol. The lowest BCUT2D eigenvalue weighted by Gasteiger charge is -2.16. The quantitative estimate of drug-likeness (QED) is 0.693. The van der Waals surface area contributed by atoms with E-state index in [9.17, 15) is 4.79 Å². The summed E-state index contributed by atoms with van der Waals surface area (Å²) in [6.07, 6.45) is 1.52. The molecule has 2 aromatic heterocycles. The minimum absolute atomic E-state index is 0.111. The van der Waals surface area contributed by atoms with Gasteiger partial charge in [0.2, 0.25) is 5.95 Å². The zero-order chi connectivity index (χ0) is 16.9. The van der Waals surface area contributed by atoms with E-state index < -0.39 is 5.97 Å². The van der Waals surface area contributed by atoms with Crippen LogP contribution in [0.2, 0.25) is 0 Å². The molecule has 0 aliphatic heterocycles. The van der Waals surface area contributed by atoms with Gasteiger partial charge in [0, 0.05) is 22.9 Å². The van der Waals surface area contributed by atoms with Gasteiger partial charge < -0.3 is 14.8 Å². The third-order valence-electron chi connectivity index (χ3n) is 3.47. The number of thiophene rings is 1.